The molecule has 2 fully saturated rings. The van der Waals surface area contributed by atoms with Gasteiger partial charge < -0.3 is 9.47 Å². The fourth-order valence-electron chi connectivity index (χ4n) is 2.06. The highest BCUT2D eigenvalue weighted by molar-refractivity contribution is 4.87. The molecule has 0 aromatic rings. The van der Waals surface area contributed by atoms with Crippen molar-refractivity contribution in [3.05, 3.63) is 0 Å². The molecule has 0 bridgehead atoms. The highest BCUT2D eigenvalue weighted by atomic mass is 16.7. The Morgan fingerprint density at radius 3 is 2.77 bits per heavy atom. The number of ether oxygens (including phenoxy) is 2. The molecule has 2 aliphatic rings. The average molecular weight is 185 g/mol. The van der Waals surface area contributed by atoms with E-state index in [1.54, 1.807) is 0 Å². The normalized spacial score (nSPS) is 41.5. The lowest BCUT2D eigenvalue weighted by Gasteiger charge is -2.46. The number of rotatable bonds is 2. The molecule has 0 aromatic heterocycles. The first-order chi connectivity index (χ1) is 6.27. The Kier molecular flexibility index (Phi) is 2.86. The smallest absolute Gasteiger partial charge is 0.147 e. The maximum Gasteiger partial charge on any atom is 0.147 e. The minimum atomic E-state index is 0.406. The van der Waals surface area contributed by atoms with E-state index in [-0.39, 0.29) is 0 Å². The molecule has 0 aromatic carbocycles. The summed E-state index contributed by atoms with van der Waals surface area (Å²) in [5.41, 5.74) is 0. The summed E-state index contributed by atoms with van der Waals surface area (Å²) in [5.74, 6) is 0.861. The second-order valence-electron chi connectivity index (χ2n) is 4.28. The largest absolute Gasteiger partial charge is 0.355 e. The second kappa shape index (κ2) is 3.95. The first-order valence-electron chi connectivity index (χ1n) is 5.21. The summed E-state index contributed by atoms with van der Waals surface area (Å²) < 4.78 is 10.6. The minimum absolute atomic E-state index is 0.406. The molecule has 13 heavy (non-hydrogen) atoms. The van der Waals surface area contributed by atoms with Crippen LogP contribution in [0.15, 0.2) is 0 Å². The van der Waals surface area contributed by atoms with Crippen LogP contribution in [0.3, 0.4) is 0 Å². The van der Waals surface area contributed by atoms with Crippen LogP contribution in [0.25, 0.3) is 0 Å². The number of hydrogen-bond donors (Lipinski definition) is 0. The molecule has 0 aliphatic carbocycles. The Hall–Kier alpha value is -0.120. The van der Waals surface area contributed by atoms with Crippen LogP contribution in [-0.2, 0) is 9.47 Å². The minimum Gasteiger partial charge on any atom is -0.355 e. The molecule has 0 radical (unpaired) electrons. The van der Waals surface area contributed by atoms with Gasteiger partial charge in [0.05, 0.1) is 12.7 Å². The SMILES string of the molecule is CC1CN(CC2CCOCO2)C1C. The molecule has 2 saturated heterocycles. The van der Waals surface area contributed by atoms with E-state index in [2.05, 4.69) is 18.7 Å². The van der Waals surface area contributed by atoms with Crippen molar-refractivity contribution in [2.24, 2.45) is 5.92 Å². The van der Waals surface area contributed by atoms with Crippen molar-refractivity contribution < 1.29 is 9.47 Å². The van der Waals surface area contributed by atoms with E-state index < -0.39 is 0 Å². The van der Waals surface area contributed by atoms with Gasteiger partial charge in [0.1, 0.15) is 6.79 Å². The van der Waals surface area contributed by atoms with E-state index in [0.29, 0.717) is 12.9 Å². The van der Waals surface area contributed by atoms with Gasteiger partial charge in [-0.1, -0.05) is 6.92 Å². The van der Waals surface area contributed by atoms with Crippen molar-refractivity contribution in [1.29, 1.82) is 0 Å². The van der Waals surface area contributed by atoms with Crippen LogP contribution in [0.1, 0.15) is 20.3 Å². The number of nitrogens with zero attached hydrogens (tertiary/aromatic N) is 1. The van der Waals surface area contributed by atoms with Crippen molar-refractivity contribution in [3.8, 4) is 0 Å². The topological polar surface area (TPSA) is 21.7 Å². The lowest BCUT2D eigenvalue weighted by atomic mass is 9.91. The van der Waals surface area contributed by atoms with E-state index in [0.717, 1.165) is 31.5 Å². The van der Waals surface area contributed by atoms with Gasteiger partial charge >= 0.3 is 0 Å². The third kappa shape index (κ3) is 2.03. The Balaban J connectivity index is 1.72. The molecular formula is C10H19NO2. The fourth-order valence-corrected chi connectivity index (χ4v) is 2.06. The molecule has 3 heteroatoms. The second-order valence-corrected chi connectivity index (χ2v) is 4.28. The zero-order chi connectivity index (χ0) is 9.26. The third-order valence-corrected chi connectivity index (χ3v) is 3.33. The molecule has 2 aliphatic heterocycles. The first-order valence-corrected chi connectivity index (χ1v) is 5.21. The predicted molar refractivity (Wildman–Crippen MR) is 50.5 cm³/mol. The summed E-state index contributed by atoms with van der Waals surface area (Å²) in [4.78, 5) is 2.50. The summed E-state index contributed by atoms with van der Waals surface area (Å²) in [5, 5.41) is 0. The zero-order valence-corrected chi connectivity index (χ0v) is 8.53. The summed E-state index contributed by atoms with van der Waals surface area (Å²) in [7, 11) is 0. The van der Waals surface area contributed by atoms with Gasteiger partial charge in [0, 0.05) is 19.1 Å². The van der Waals surface area contributed by atoms with Crippen molar-refractivity contribution in [2.45, 2.75) is 32.4 Å². The maximum atomic E-state index is 5.50. The number of hydrogen-bond acceptors (Lipinski definition) is 3. The van der Waals surface area contributed by atoms with E-state index in [4.69, 9.17) is 9.47 Å². The van der Waals surface area contributed by atoms with E-state index in [1.165, 1.54) is 6.54 Å². The Morgan fingerprint density at radius 1 is 1.38 bits per heavy atom. The van der Waals surface area contributed by atoms with Crippen molar-refractivity contribution in [1.82, 2.24) is 4.90 Å². The zero-order valence-electron chi connectivity index (χ0n) is 8.53. The van der Waals surface area contributed by atoms with Crippen molar-refractivity contribution >= 4 is 0 Å². The lowest BCUT2D eigenvalue weighted by molar-refractivity contribution is -0.153. The van der Waals surface area contributed by atoms with Gasteiger partial charge in [0.2, 0.25) is 0 Å². The summed E-state index contributed by atoms with van der Waals surface area (Å²) in [6.07, 6.45) is 1.46. The van der Waals surface area contributed by atoms with Gasteiger partial charge in [0.25, 0.3) is 0 Å². The average Bonchev–Trinajstić information content (AvgIpc) is 2.19. The van der Waals surface area contributed by atoms with Gasteiger partial charge in [-0.15, -0.1) is 0 Å². The molecule has 3 atom stereocenters. The molecule has 3 nitrogen and oxygen atoms in total. The molecular weight excluding hydrogens is 166 g/mol. The van der Waals surface area contributed by atoms with Crippen LogP contribution in [-0.4, -0.2) is 43.5 Å². The molecule has 0 amide bonds. The number of likely N-dealkylation sites (tertiary alicyclic amines) is 1. The van der Waals surface area contributed by atoms with Crippen molar-refractivity contribution in [3.63, 3.8) is 0 Å². The molecule has 2 rings (SSSR count). The molecule has 0 saturated carbocycles. The van der Waals surface area contributed by atoms with Crippen LogP contribution in [0.4, 0.5) is 0 Å². The maximum absolute atomic E-state index is 5.50. The Labute approximate surface area is 80.0 Å². The fraction of sp³-hybridized carbons (Fsp3) is 1.00. The predicted octanol–water partition coefficient (Wildman–Crippen LogP) is 1.09. The van der Waals surface area contributed by atoms with Gasteiger partial charge in [-0.25, -0.2) is 0 Å². The van der Waals surface area contributed by atoms with Gasteiger partial charge in [0.15, 0.2) is 0 Å². The first kappa shape index (κ1) is 9.44. The van der Waals surface area contributed by atoms with Crippen LogP contribution >= 0.6 is 0 Å². The van der Waals surface area contributed by atoms with E-state index >= 15 is 0 Å². The van der Waals surface area contributed by atoms with Crippen molar-refractivity contribution in [2.75, 3.05) is 26.5 Å². The van der Waals surface area contributed by atoms with Gasteiger partial charge in [-0.3, -0.25) is 4.90 Å². The monoisotopic (exact) mass is 185 g/mol. The Bertz CT molecular complexity index is 166. The lowest BCUT2D eigenvalue weighted by Crippen LogP contribution is -2.56. The van der Waals surface area contributed by atoms with Crippen LogP contribution in [0.2, 0.25) is 0 Å². The third-order valence-electron chi connectivity index (χ3n) is 3.33. The van der Waals surface area contributed by atoms with Crippen LogP contribution < -0.4 is 0 Å². The highest BCUT2D eigenvalue weighted by Crippen LogP contribution is 2.24. The summed E-state index contributed by atoms with van der Waals surface area (Å²) in [6.45, 7) is 8.29. The molecule has 3 unspecified atom stereocenters. The van der Waals surface area contributed by atoms with Gasteiger partial charge in [-0.2, -0.15) is 0 Å². The Morgan fingerprint density at radius 2 is 2.23 bits per heavy atom. The molecule has 2 heterocycles. The molecule has 76 valence electrons. The van der Waals surface area contributed by atoms with Crippen LogP contribution in [0.5, 0.6) is 0 Å². The summed E-state index contributed by atoms with van der Waals surface area (Å²) >= 11 is 0. The molecule has 0 spiro atoms. The van der Waals surface area contributed by atoms with Crippen LogP contribution in [0, 0.1) is 5.92 Å². The van der Waals surface area contributed by atoms with E-state index in [9.17, 15) is 0 Å². The highest BCUT2D eigenvalue weighted by Gasteiger charge is 2.33. The van der Waals surface area contributed by atoms with Gasteiger partial charge in [-0.05, 0) is 19.3 Å². The quantitative estimate of drug-likeness (QED) is 0.643. The standard InChI is InChI=1S/C10H19NO2/c1-8-5-11(9(8)2)6-10-3-4-12-7-13-10/h8-10H,3-7H2,1-2H3. The van der Waals surface area contributed by atoms with E-state index in [1.807, 2.05) is 0 Å². The molecule has 0 N–H and O–H groups in total. The summed E-state index contributed by atoms with van der Waals surface area (Å²) in [6, 6.07) is 0.742.